The predicted molar refractivity (Wildman–Crippen MR) is 128 cm³/mol. The van der Waals surface area contributed by atoms with E-state index >= 15 is 0 Å². The Bertz CT molecular complexity index is 1040. The first-order valence-corrected chi connectivity index (χ1v) is 11.0. The van der Waals surface area contributed by atoms with Crippen molar-refractivity contribution in [1.29, 1.82) is 0 Å². The van der Waals surface area contributed by atoms with Crippen molar-refractivity contribution < 1.29 is 14.3 Å². The fourth-order valence-corrected chi connectivity index (χ4v) is 4.33. The Labute approximate surface area is 194 Å². The van der Waals surface area contributed by atoms with Crippen LogP contribution in [0.2, 0.25) is 0 Å². The lowest BCUT2D eigenvalue weighted by molar-refractivity contribution is -0.132. The van der Waals surface area contributed by atoms with Gasteiger partial charge in [-0.15, -0.1) is 0 Å². The van der Waals surface area contributed by atoms with Crippen molar-refractivity contribution in [2.45, 2.75) is 24.9 Å². The first-order chi connectivity index (χ1) is 16.0. The van der Waals surface area contributed by atoms with Crippen molar-refractivity contribution in [3.8, 4) is 5.75 Å². The Morgan fingerprint density at radius 1 is 0.818 bits per heavy atom. The summed E-state index contributed by atoms with van der Waals surface area (Å²) < 4.78 is 5.21. The molecule has 0 saturated carbocycles. The molecule has 6 heteroatoms. The molecule has 170 valence electrons. The molecule has 6 nitrogen and oxygen atoms in total. The minimum Gasteiger partial charge on any atom is -0.497 e. The van der Waals surface area contributed by atoms with Gasteiger partial charge in [-0.1, -0.05) is 72.8 Å². The van der Waals surface area contributed by atoms with Crippen LogP contribution in [0.4, 0.5) is 4.79 Å². The second-order valence-electron chi connectivity index (χ2n) is 8.57. The van der Waals surface area contributed by atoms with Crippen LogP contribution in [0.1, 0.15) is 16.7 Å². The monoisotopic (exact) mass is 443 g/mol. The lowest BCUT2D eigenvalue weighted by Gasteiger charge is -2.28. The number of rotatable bonds is 9. The van der Waals surface area contributed by atoms with Crippen LogP contribution in [0.5, 0.6) is 5.75 Å². The number of nitrogens with zero attached hydrogens (tertiary/aromatic N) is 2. The van der Waals surface area contributed by atoms with Gasteiger partial charge in [-0.05, 0) is 35.9 Å². The Hall–Kier alpha value is -3.64. The fraction of sp³-hybridized carbons (Fsp3) is 0.259. The first-order valence-electron chi connectivity index (χ1n) is 11.0. The molecule has 0 atom stereocenters. The van der Waals surface area contributed by atoms with E-state index in [-0.39, 0.29) is 18.6 Å². The number of hydrogen-bond donors (Lipinski definition) is 1. The summed E-state index contributed by atoms with van der Waals surface area (Å²) in [5, 5.41) is 3.04. The molecular formula is C27H29N3O3. The Morgan fingerprint density at radius 2 is 1.36 bits per heavy atom. The van der Waals surface area contributed by atoms with Gasteiger partial charge in [0.15, 0.2) is 0 Å². The van der Waals surface area contributed by atoms with Crippen LogP contribution in [0.25, 0.3) is 0 Å². The minimum atomic E-state index is -1.01. The van der Waals surface area contributed by atoms with E-state index in [0.29, 0.717) is 19.4 Å². The van der Waals surface area contributed by atoms with E-state index in [1.165, 1.54) is 4.90 Å². The van der Waals surface area contributed by atoms with Crippen molar-refractivity contribution in [2.24, 2.45) is 0 Å². The second kappa shape index (κ2) is 9.88. The summed E-state index contributed by atoms with van der Waals surface area (Å²) in [4.78, 5) is 30.0. The highest BCUT2D eigenvalue weighted by Gasteiger charge is 2.51. The number of carbonyl (C=O) groups is 2. The summed E-state index contributed by atoms with van der Waals surface area (Å²) in [5.41, 5.74) is 2.08. The summed E-state index contributed by atoms with van der Waals surface area (Å²) in [6.07, 6.45) is 0.873. The lowest BCUT2D eigenvalue weighted by Crippen LogP contribution is -2.51. The molecule has 1 aliphatic rings. The van der Waals surface area contributed by atoms with Gasteiger partial charge in [-0.2, -0.15) is 0 Å². The van der Waals surface area contributed by atoms with E-state index in [4.69, 9.17) is 4.74 Å². The molecule has 1 fully saturated rings. The number of methoxy groups -OCH3 is 1. The molecule has 1 N–H and O–H groups in total. The zero-order valence-electron chi connectivity index (χ0n) is 19.0. The summed E-state index contributed by atoms with van der Waals surface area (Å²) >= 11 is 0. The highest BCUT2D eigenvalue weighted by atomic mass is 16.5. The Kier molecular flexibility index (Phi) is 6.75. The Balaban J connectivity index is 1.53. The SMILES string of the molecule is COc1ccc(CN(C)CN2C(=O)NC(Cc3ccccc3)(Cc3ccccc3)C2=O)cc1. The van der Waals surface area contributed by atoms with Gasteiger partial charge in [-0.3, -0.25) is 9.69 Å². The van der Waals surface area contributed by atoms with E-state index in [0.717, 1.165) is 22.4 Å². The normalized spacial score (nSPS) is 15.1. The number of urea groups is 1. The standard InChI is InChI=1S/C27H29N3O3/c1-29(19-23-13-15-24(33-2)16-14-23)20-30-25(31)27(28-26(30)32,17-21-9-5-3-6-10-21)18-22-11-7-4-8-12-22/h3-16H,17-20H2,1-2H3,(H,28,32). The number of benzene rings is 3. The molecule has 0 aromatic heterocycles. The molecule has 1 aliphatic heterocycles. The van der Waals surface area contributed by atoms with Crippen LogP contribution in [0.3, 0.4) is 0 Å². The molecule has 0 bridgehead atoms. The quantitative estimate of drug-likeness (QED) is 0.510. The molecule has 0 unspecified atom stereocenters. The molecule has 1 saturated heterocycles. The summed E-state index contributed by atoms with van der Waals surface area (Å²) in [5.74, 6) is 0.601. The number of carbonyl (C=O) groups excluding carboxylic acids is 2. The minimum absolute atomic E-state index is 0.193. The largest absolute Gasteiger partial charge is 0.497 e. The molecule has 3 aromatic rings. The van der Waals surface area contributed by atoms with Crippen molar-refractivity contribution in [3.05, 3.63) is 102 Å². The topological polar surface area (TPSA) is 61.9 Å². The van der Waals surface area contributed by atoms with Crippen LogP contribution in [0, 0.1) is 0 Å². The van der Waals surface area contributed by atoms with Crippen molar-refractivity contribution in [3.63, 3.8) is 0 Å². The van der Waals surface area contributed by atoms with Crippen LogP contribution in [-0.2, 0) is 24.2 Å². The third-order valence-electron chi connectivity index (χ3n) is 5.94. The molecule has 0 spiro atoms. The van der Waals surface area contributed by atoms with Crippen molar-refractivity contribution >= 4 is 11.9 Å². The van der Waals surface area contributed by atoms with E-state index in [1.807, 2.05) is 96.9 Å². The van der Waals surface area contributed by atoms with Gasteiger partial charge in [-0.25, -0.2) is 9.69 Å². The zero-order valence-corrected chi connectivity index (χ0v) is 19.0. The molecule has 33 heavy (non-hydrogen) atoms. The molecular weight excluding hydrogens is 414 g/mol. The third-order valence-corrected chi connectivity index (χ3v) is 5.94. The fourth-order valence-electron chi connectivity index (χ4n) is 4.33. The van der Waals surface area contributed by atoms with E-state index in [1.54, 1.807) is 7.11 Å². The van der Waals surface area contributed by atoms with Gasteiger partial charge in [0.05, 0.1) is 13.8 Å². The van der Waals surface area contributed by atoms with Gasteiger partial charge in [0, 0.05) is 19.4 Å². The number of ether oxygens (including phenoxy) is 1. The highest BCUT2D eigenvalue weighted by molar-refractivity contribution is 6.07. The highest BCUT2D eigenvalue weighted by Crippen LogP contribution is 2.27. The smallest absolute Gasteiger partial charge is 0.326 e. The van der Waals surface area contributed by atoms with Gasteiger partial charge >= 0.3 is 6.03 Å². The number of amides is 3. The third kappa shape index (κ3) is 5.23. The summed E-state index contributed by atoms with van der Waals surface area (Å²) in [7, 11) is 3.54. The van der Waals surface area contributed by atoms with E-state index in [2.05, 4.69) is 5.32 Å². The molecule has 0 aliphatic carbocycles. The molecule has 3 amide bonds. The average Bonchev–Trinajstić information content (AvgIpc) is 3.04. The van der Waals surface area contributed by atoms with Crippen molar-refractivity contribution in [2.75, 3.05) is 20.8 Å². The van der Waals surface area contributed by atoms with Gasteiger partial charge < -0.3 is 10.1 Å². The first kappa shape index (κ1) is 22.6. The van der Waals surface area contributed by atoms with Gasteiger partial charge in [0.25, 0.3) is 5.91 Å². The van der Waals surface area contributed by atoms with Crippen LogP contribution in [0.15, 0.2) is 84.9 Å². The van der Waals surface area contributed by atoms with Crippen LogP contribution < -0.4 is 10.1 Å². The second-order valence-corrected chi connectivity index (χ2v) is 8.57. The molecule has 4 rings (SSSR count). The molecule has 0 radical (unpaired) electrons. The Morgan fingerprint density at radius 3 is 1.88 bits per heavy atom. The average molecular weight is 444 g/mol. The van der Waals surface area contributed by atoms with Crippen LogP contribution >= 0.6 is 0 Å². The molecule has 1 heterocycles. The van der Waals surface area contributed by atoms with Crippen LogP contribution in [-0.4, -0.2) is 48.1 Å². The van der Waals surface area contributed by atoms with Gasteiger partial charge in [0.2, 0.25) is 0 Å². The lowest BCUT2D eigenvalue weighted by atomic mass is 9.84. The maximum Gasteiger partial charge on any atom is 0.326 e. The number of nitrogens with one attached hydrogen (secondary N) is 1. The van der Waals surface area contributed by atoms with Crippen molar-refractivity contribution in [1.82, 2.24) is 15.1 Å². The maximum atomic E-state index is 13.7. The summed E-state index contributed by atoms with van der Waals surface area (Å²) in [6.45, 7) is 0.813. The zero-order chi connectivity index (χ0) is 23.3. The van der Waals surface area contributed by atoms with E-state index in [9.17, 15) is 9.59 Å². The number of imide groups is 1. The number of hydrogen-bond acceptors (Lipinski definition) is 4. The maximum absolute atomic E-state index is 13.7. The molecule has 3 aromatic carbocycles. The van der Waals surface area contributed by atoms with E-state index < -0.39 is 5.54 Å². The summed E-state index contributed by atoms with van der Waals surface area (Å²) in [6, 6.07) is 27.1. The predicted octanol–water partition coefficient (Wildman–Crippen LogP) is 3.86. The van der Waals surface area contributed by atoms with Gasteiger partial charge in [0.1, 0.15) is 11.3 Å².